The summed E-state index contributed by atoms with van der Waals surface area (Å²) < 4.78 is 11.3. The van der Waals surface area contributed by atoms with Gasteiger partial charge in [0.1, 0.15) is 6.07 Å². The van der Waals surface area contributed by atoms with Crippen LogP contribution in [-0.2, 0) is 14.3 Å². The van der Waals surface area contributed by atoms with Crippen molar-refractivity contribution in [3.8, 4) is 6.07 Å². The summed E-state index contributed by atoms with van der Waals surface area (Å²) in [6.45, 7) is 7.91. The van der Waals surface area contributed by atoms with Gasteiger partial charge in [0.25, 0.3) is 5.91 Å². The Hall–Kier alpha value is -2.69. The van der Waals surface area contributed by atoms with Crippen LogP contribution >= 0.6 is 0 Å². The molecule has 2 aromatic rings. The summed E-state index contributed by atoms with van der Waals surface area (Å²) in [4.78, 5) is 19.1. The lowest BCUT2D eigenvalue weighted by Gasteiger charge is -2.38. The van der Waals surface area contributed by atoms with E-state index in [1.54, 1.807) is 12.3 Å². The van der Waals surface area contributed by atoms with Gasteiger partial charge in [0.2, 0.25) is 0 Å². The number of fused-ring (bicyclic) bond motifs is 1. The molecule has 1 aliphatic rings. The number of rotatable bonds is 6. The maximum Gasteiger partial charge on any atom is 0.251 e. The van der Waals surface area contributed by atoms with Gasteiger partial charge in [-0.05, 0) is 45.0 Å². The first-order chi connectivity index (χ1) is 13.5. The van der Waals surface area contributed by atoms with Crippen molar-refractivity contribution in [3.63, 3.8) is 0 Å². The van der Waals surface area contributed by atoms with Crippen LogP contribution in [0.15, 0.2) is 30.5 Å². The first-order valence-corrected chi connectivity index (χ1v) is 9.57. The molecule has 1 saturated heterocycles. The van der Waals surface area contributed by atoms with Crippen LogP contribution in [0.2, 0.25) is 0 Å². The quantitative estimate of drug-likeness (QED) is 0.771. The number of hydrogen-bond acceptors (Lipinski definition) is 6. The van der Waals surface area contributed by atoms with Crippen LogP contribution in [0, 0.1) is 11.3 Å². The second kappa shape index (κ2) is 9.00. The zero-order chi connectivity index (χ0) is 20.1. The topological polar surface area (TPSA) is 87.5 Å². The summed E-state index contributed by atoms with van der Waals surface area (Å²) >= 11 is 0. The summed E-state index contributed by atoms with van der Waals surface area (Å²) in [6.07, 6.45) is 1.16. The van der Waals surface area contributed by atoms with Crippen LogP contribution in [0.5, 0.6) is 0 Å². The molecule has 3 rings (SSSR count). The fraction of sp³-hybridized carbons (Fsp3) is 0.476. The average Bonchev–Trinajstić information content (AvgIpc) is 2.69. The minimum Gasteiger partial charge on any atom is -0.377 e. The van der Waals surface area contributed by atoms with E-state index >= 15 is 0 Å². The maximum atomic E-state index is 12.6. The fourth-order valence-electron chi connectivity index (χ4n) is 3.40. The number of anilines is 1. The van der Waals surface area contributed by atoms with Crippen molar-refractivity contribution >= 4 is 22.5 Å². The second-order valence-corrected chi connectivity index (χ2v) is 7.19. The van der Waals surface area contributed by atoms with Gasteiger partial charge in [-0.3, -0.25) is 9.78 Å². The second-order valence-electron chi connectivity index (χ2n) is 7.19. The lowest BCUT2D eigenvalue weighted by molar-refractivity contribution is -0.137. The van der Waals surface area contributed by atoms with Crippen LogP contribution in [0.1, 0.15) is 26.3 Å². The van der Waals surface area contributed by atoms with Gasteiger partial charge in [0.15, 0.2) is 6.10 Å². The van der Waals surface area contributed by atoms with Crippen LogP contribution in [0.25, 0.3) is 10.9 Å². The molecular formula is C21H26N4O3. The highest BCUT2D eigenvalue weighted by molar-refractivity contribution is 5.95. The number of nitrogens with one attached hydrogen (secondary N) is 1. The van der Waals surface area contributed by atoms with Gasteiger partial charge in [-0.15, -0.1) is 0 Å². The van der Waals surface area contributed by atoms with Gasteiger partial charge in [-0.2, -0.15) is 5.26 Å². The summed E-state index contributed by atoms with van der Waals surface area (Å²) in [5, 5.41) is 13.1. The smallest absolute Gasteiger partial charge is 0.251 e. The summed E-state index contributed by atoms with van der Waals surface area (Å²) in [7, 11) is 0. The van der Waals surface area contributed by atoms with Gasteiger partial charge in [-0.25, -0.2) is 0 Å². The normalized spacial score (nSPS) is 19.6. The molecule has 1 aliphatic heterocycles. The molecule has 1 aromatic carbocycles. The molecule has 1 aromatic heterocycles. The zero-order valence-electron chi connectivity index (χ0n) is 16.5. The van der Waals surface area contributed by atoms with Crippen molar-refractivity contribution in [2.24, 2.45) is 0 Å². The number of aromatic nitrogens is 1. The molecule has 2 heterocycles. The van der Waals surface area contributed by atoms with E-state index in [4.69, 9.17) is 9.47 Å². The first kappa shape index (κ1) is 20.1. The third-order valence-electron chi connectivity index (χ3n) is 4.61. The SMILES string of the molecule is CC(C)OCCNC(=O)[C@H]1CN(c2ccc(C#N)c3ncccc23)C[C@@H](C)O1. The molecule has 7 heteroatoms. The molecule has 7 nitrogen and oxygen atoms in total. The van der Waals surface area contributed by atoms with Gasteiger partial charge in [0, 0.05) is 30.4 Å². The van der Waals surface area contributed by atoms with Crippen molar-refractivity contribution in [1.29, 1.82) is 5.26 Å². The highest BCUT2D eigenvalue weighted by Crippen LogP contribution is 2.30. The lowest BCUT2D eigenvalue weighted by atomic mass is 10.1. The molecule has 0 unspecified atom stereocenters. The number of amides is 1. The average molecular weight is 382 g/mol. The van der Waals surface area contributed by atoms with E-state index in [9.17, 15) is 10.1 Å². The molecular weight excluding hydrogens is 356 g/mol. The lowest BCUT2D eigenvalue weighted by Crippen LogP contribution is -2.53. The third-order valence-corrected chi connectivity index (χ3v) is 4.61. The van der Waals surface area contributed by atoms with Crippen LogP contribution in [0.4, 0.5) is 5.69 Å². The number of carbonyl (C=O) groups excluding carboxylic acids is 1. The Balaban J connectivity index is 1.76. The Morgan fingerprint density at radius 1 is 1.43 bits per heavy atom. The van der Waals surface area contributed by atoms with E-state index < -0.39 is 6.10 Å². The number of hydrogen-bond donors (Lipinski definition) is 1. The number of pyridine rings is 1. The summed E-state index contributed by atoms with van der Waals surface area (Å²) in [6, 6.07) is 9.71. The van der Waals surface area contributed by atoms with Crippen LogP contribution in [-0.4, -0.2) is 55.4 Å². The fourth-order valence-corrected chi connectivity index (χ4v) is 3.40. The van der Waals surface area contributed by atoms with E-state index in [0.29, 0.717) is 37.3 Å². The Morgan fingerprint density at radius 2 is 2.25 bits per heavy atom. The monoisotopic (exact) mass is 382 g/mol. The minimum atomic E-state index is -0.565. The molecule has 0 radical (unpaired) electrons. The summed E-state index contributed by atoms with van der Waals surface area (Å²) in [5.74, 6) is -0.139. The standard InChI is InChI=1S/C21H26N4O3/c1-14(2)27-10-9-24-21(26)19-13-25(12-15(3)28-19)18-7-6-16(11-22)20-17(18)5-4-8-23-20/h4-8,14-15,19H,9-10,12-13H2,1-3H3,(H,24,26)/t15-,19-/m1/s1. The highest BCUT2D eigenvalue weighted by Gasteiger charge is 2.31. The number of nitrogens with zero attached hydrogens (tertiary/aromatic N) is 3. The molecule has 28 heavy (non-hydrogen) atoms. The Morgan fingerprint density at radius 3 is 3.00 bits per heavy atom. The van der Waals surface area contributed by atoms with Gasteiger partial charge in [0.05, 0.1) is 36.4 Å². The zero-order valence-corrected chi connectivity index (χ0v) is 16.5. The third kappa shape index (κ3) is 4.58. The molecule has 1 amide bonds. The molecule has 0 bridgehead atoms. The predicted molar refractivity (Wildman–Crippen MR) is 107 cm³/mol. The van der Waals surface area contributed by atoms with E-state index in [-0.39, 0.29) is 18.1 Å². The summed E-state index contributed by atoms with van der Waals surface area (Å²) in [5.41, 5.74) is 2.17. The van der Waals surface area contributed by atoms with Crippen molar-refractivity contribution in [1.82, 2.24) is 10.3 Å². The molecule has 0 spiro atoms. The van der Waals surface area contributed by atoms with E-state index in [0.717, 1.165) is 11.1 Å². The number of carbonyl (C=O) groups is 1. The Labute approximate surface area is 165 Å². The first-order valence-electron chi connectivity index (χ1n) is 9.57. The Bertz CT molecular complexity index is 878. The van der Waals surface area contributed by atoms with Crippen molar-refractivity contribution in [3.05, 3.63) is 36.0 Å². The van der Waals surface area contributed by atoms with E-state index in [1.165, 1.54) is 0 Å². The van der Waals surface area contributed by atoms with Crippen LogP contribution in [0.3, 0.4) is 0 Å². The van der Waals surface area contributed by atoms with Crippen molar-refractivity contribution in [2.45, 2.75) is 39.1 Å². The molecule has 1 fully saturated rings. The van der Waals surface area contributed by atoms with Gasteiger partial charge < -0.3 is 19.7 Å². The van der Waals surface area contributed by atoms with E-state index in [2.05, 4.69) is 21.3 Å². The number of benzene rings is 1. The maximum absolute atomic E-state index is 12.6. The number of morpholine rings is 1. The molecule has 0 aliphatic carbocycles. The number of ether oxygens (including phenoxy) is 2. The molecule has 0 saturated carbocycles. The molecule has 148 valence electrons. The van der Waals surface area contributed by atoms with Gasteiger partial charge >= 0.3 is 0 Å². The molecule has 1 N–H and O–H groups in total. The Kier molecular flexibility index (Phi) is 6.45. The van der Waals surface area contributed by atoms with Crippen LogP contribution < -0.4 is 10.2 Å². The van der Waals surface area contributed by atoms with Crippen molar-refractivity contribution < 1.29 is 14.3 Å². The number of nitriles is 1. The van der Waals surface area contributed by atoms with E-state index in [1.807, 2.05) is 39.0 Å². The van der Waals surface area contributed by atoms with Gasteiger partial charge in [-0.1, -0.05) is 0 Å². The van der Waals surface area contributed by atoms with Crippen molar-refractivity contribution in [2.75, 3.05) is 31.1 Å². The molecule has 2 atom stereocenters. The predicted octanol–water partition coefficient (Wildman–Crippen LogP) is 2.24. The largest absolute Gasteiger partial charge is 0.377 e. The minimum absolute atomic E-state index is 0.0984. The highest BCUT2D eigenvalue weighted by atomic mass is 16.5.